The van der Waals surface area contributed by atoms with Crippen molar-refractivity contribution in [3.05, 3.63) is 29.3 Å². The molecule has 0 N–H and O–H groups in total. The van der Waals surface area contributed by atoms with Gasteiger partial charge in [0.2, 0.25) is 0 Å². The lowest BCUT2D eigenvalue weighted by Crippen LogP contribution is -2.09. The fourth-order valence-corrected chi connectivity index (χ4v) is 1.25. The van der Waals surface area contributed by atoms with E-state index in [-0.39, 0.29) is 12.8 Å². The van der Waals surface area contributed by atoms with Crippen LogP contribution in [-0.2, 0) is 9.47 Å². The molecule has 0 spiro atoms. The van der Waals surface area contributed by atoms with Gasteiger partial charge in [-0.25, -0.2) is 4.79 Å². The first kappa shape index (κ1) is 12.5. The first-order chi connectivity index (χ1) is 7.69. The van der Waals surface area contributed by atoms with Crippen LogP contribution in [0.1, 0.15) is 22.8 Å². The second kappa shape index (κ2) is 6.12. The number of methoxy groups -OCH3 is 1. The van der Waals surface area contributed by atoms with Gasteiger partial charge in [0.1, 0.15) is 11.3 Å². The number of aryl methyl sites for hydroxylation is 1. The first-order valence-electron chi connectivity index (χ1n) is 5.08. The number of esters is 1. The third kappa shape index (κ3) is 3.24. The van der Waals surface area contributed by atoms with Gasteiger partial charge in [-0.1, -0.05) is 6.07 Å². The standard InChI is InChI=1S/C12H16O4/c1-4-15-12(13)10-6-5-9(2)7-11(10)16-8-14-3/h5-7H,4,8H2,1-3H3. The largest absolute Gasteiger partial charge is 0.467 e. The van der Waals surface area contributed by atoms with E-state index >= 15 is 0 Å². The molecule has 0 saturated heterocycles. The van der Waals surface area contributed by atoms with E-state index in [0.717, 1.165) is 5.56 Å². The molecule has 0 aliphatic carbocycles. The third-order valence-electron chi connectivity index (χ3n) is 1.96. The minimum atomic E-state index is -0.381. The minimum Gasteiger partial charge on any atom is -0.467 e. The highest BCUT2D eigenvalue weighted by molar-refractivity contribution is 5.92. The maximum atomic E-state index is 11.6. The molecule has 4 heteroatoms. The van der Waals surface area contributed by atoms with Crippen LogP contribution < -0.4 is 4.74 Å². The predicted octanol–water partition coefficient (Wildman–Crippen LogP) is 2.15. The number of benzene rings is 1. The molecule has 88 valence electrons. The van der Waals surface area contributed by atoms with Gasteiger partial charge in [-0.15, -0.1) is 0 Å². The molecule has 16 heavy (non-hydrogen) atoms. The van der Waals surface area contributed by atoms with Gasteiger partial charge in [-0.3, -0.25) is 0 Å². The van der Waals surface area contributed by atoms with Gasteiger partial charge >= 0.3 is 5.97 Å². The molecular formula is C12H16O4. The van der Waals surface area contributed by atoms with Gasteiger partial charge in [0, 0.05) is 7.11 Å². The average Bonchev–Trinajstić information content (AvgIpc) is 2.26. The van der Waals surface area contributed by atoms with E-state index in [2.05, 4.69) is 0 Å². The smallest absolute Gasteiger partial charge is 0.341 e. The summed E-state index contributed by atoms with van der Waals surface area (Å²) in [4.78, 5) is 11.6. The van der Waals surface area contributed by atoms with E-state index < -0.39 is 0 Å². The molecule has 4 nitrogen and oxygen atoms in total. The minimum absolute atomic E-state index is 0.107. The lowest BCUT2D eigenvalue weighted by atomic mass is 10.1. The molecule has 0 heterocycles. The van der Waals surface area contributed by atoms with Crippen molar-refractivity contribution in [3.8, 4) is 5.75 Å². The molecule has 0 aliphatic rings. The SMILES string of the molecule is CCOC(=O)c1ccc(C)cc1OCOC. The molecule has 1 rings (SSSR count). The molecule has 0 fully saturated rings. The molecule has 0 saturated carbocycles. The van der Waals surface area contributed by atoms with Crippen molar-refractivity contribution in [3.63, 3.8) is 0 Å². The fourth-order valence-electron chi connectivity index (χ4n) is 1.25. The predicted molar refractivity (Wildman–Crippen MR) is 59.6 cm³/mol. The molecule has 0 radical (unpaired) electrons. The summed E-state index contributed by atoms with van der Waals surface area (Å²) in [7, 11) is 1.53. The van der Waals surface area contributed by atoms with Crippen LogP contribution in [0, 0.1) is 6.92 Å². The monoisotopic (exact) mass is 224 g/mol. The number of carbonyl (C=O) groups is 1. The van der Waals surface area contributed by atoms with E-state index in [1.54, 1.807) is 19.1 Å². The highest BCUT2D eigenvalue weighted by Crippen LogP contribution is 2.21. The van der Waals surface area contributed by atoms with Gasteiger partial charge in [-0.2, -0.15) is 0 Å². The number of hydrogen-bond donors (Lipinski definition) is 0. The highest BCUT2D eigenvalue weighted by atomic mass is 16.7. The van der Waals surface area contributed by atoms with Crippen LogP contribution in [0.25, 0.3) is 0 Å². The lowest BCUT2D eigenvalue weighted by Gasteiger charge is -2.10. The Kier molecular flexibility index (Phi) is 4.79. The van der Waals surface area contributed by atoms with Crippen LogP contribution in [0.5, 0.6) is 5.75 Å². The Balaban J connectivity index is 2.92. The number of carbonyl (C=O) groups excluding carboxylic acids is 1. The van der Waals surface area contributed by atoms with Crippen LogP contribution in [0.15, 0.2) is 18.2 Å². The number of ether oxygens (including phenoxy) is 3. The molecule has 1 aromatic carbocycles. The summed E-state index contributed by atoms with van der Waals surface area (Å²) in [6, 6.07) is 5.31. The van der Waals surface area contributed by atoms with Gasteiger partial charge in [0.05, 0.1) is 6.61 Å². The van der Waals surface area contributed by atoms with E-state index in [1.807, 2.05) is 13.0 Å². The molecule has 0 aliphatic heterocycles. The summed E-state index contributed by atoms with van der Waals surface area (Å²) in [6.45, 7) is 4.14. The molecule has 0 amide bonds. The zero-order valence-corrected chi connectivity index (χ0v) is 9.78. The maximum absolute atomic E-state index is 11.6. The Hall–Kier alpha value is -1.55. The first-order valence-corrected chi connectivity index (χ1v) is 5.08. The number of rotatable bonds is 5. The Labute approximate surface area is 95.1 Å². The summed E-state index contributed by atoms with van der Waals surface area (Å²) in [5.74, 6) is 0.105. The van der Waals surface area contributed by atoms with E-state index in [0.29, 0.717) is 17.9 Å². The Morgan fingerprint density at radius 1 is 1.38 bits per heavy atom. The summed E-state index contributed by atoms with van der Waals surface area (Å²) < 4.78 is 15.0. The topological polar surface area (TPSA) is 44.8 Å². The zero-order chi connectivity index (χ0) is 12.0. The second-order valence-electron chi connectivity index (χ2n) is 3.27. The van der Waals surface area contributed by atoms with Crippen LogP contribution in [0.3, 0.4) is 0 Å². The van der Waals surface area contributed by atoms with Gasteiger partial charge in [-0.05, 0) is 31.5 Å². The van der Waals surface area contributed by atoms with Crippen molar-refractivity contribution in [2.24, 2.45) is 0 Å². The molecular weight excluding hydrogens is 208 g/mol. The van der Waals surface area contributed by atoms with Gasteiger partial charge in [0.15, 0.2) is 6.79 Å². The van der Waals surface area contributed by atoms with Gasteiger partial charge in [0.25, 0.3) is 0 Å². The summed E-state index contributed by atoms with van der Waals surface area (Å²) in [6.07, 6.45) is 0. The van der Waals surface area contributed by atoms with Crippen molar-refractivity contribution >= 4 is 5.97 Å². The highest BCUT2D eigenvalue weighted by Gasteiger charge is 2.13. The van der Waals surface area contributed by atoms with E-state index in [1.165, 1.54) is 7.11 Å². The normalized spacial score (nSPS) is 9.94. The van der Waals surface area contributed by atoms with Crippen molar-refractivity contribution < 1.29 is 19.0 Å². The van der Waals surface area contributed by atoms with Crippen molar-refractivity contribution in [2.75, 3.05) is 20.5 Å². The molecule has 0 atom stereocenters. The molecule has 0 bridgehead atoms. The van der Waals surface area contributed by atoms with Crippen LogP contribution >= 0.6 is 0 Å². The van der Waals surface area contributed by atoms with E-state index in [4.69, 9.17) is 14.2 Å². The van der Waals surface area contributed by atoms with E-state index in [9.17, 15) is 4.79 Å². The summed E-state index contributed by atoms with van der Waals surface area (Å²) in [5.41, 5.74) is 1.43. The molecule has 1 aromatic rings. The van der Waals surface area contributed by atoms with Crippen LogP contribution in [0.4, 0.5) is 0 Å². The molecule has 0 aromatic heterocycles. The summed E-state index contributed by atoms with van der Waals surface area (Å²) in [5, 5.41) is 0. The Morgan fingerprint density at radius 3 is 2.75 bits per heavy atom. The van der Waals surface area contributed by atoms with Crippen LogP contribution in [-0.4, -0.2) is 26.5 Å². The van der Waals surface area contributed by atoms with Crippen molar-refractivity contribution in [2.45, 2.75) is 13.8 Å². The van der Waals surface area contributed by atoms with Crippen molar-refractivity contribution in [1.29, 1.82) is 0 Å². The average molecular weight is 224 g/mol. The lowest BCUT2D eigenvalue weighted by molar-refractivity contribution is 0.0438. The Morgan fingerprint density at radius 2 is 2.12 bits per heavy atom. The van der Waals surface area contributed by atoms with Crippen molar-refractivity contribution in [1.82, 2.24) is 0 Å². The number of hydrogen-bond acceptors (Lipinski definition) is 4. The summed E-state index contributed by atoms with van der Waals surface area (Å²) >= 11 is 0. The zero-order valence-electron chi connectivity index (χ0n) is 9.78. The van der Waals surface area contributed by atoms with Gasteiger partial charge < -0.3 is 14.2 Å². The van der Waals surface area contributed by atoms with Crippen LogP contribution in [0.2, 0.25) is 0 Å². The molecule has 0 unspecified atom stereocenters. The second-order valence-corrected chi connectivity index (χ2v) is 3.27. The quantitative estimate of drug-likeness (QED) is 0.568. The third-order valence-corrected chi connectivity index (χ3v) is 1.96. The maximum Gasteiger partial charge on any atom is 0.341 e. The Bertz CT molecular complexity index is 360. The fraction of sp³-hybridized carbons (Fsp3) is 0.417.